The van der Waals surface area contributed by atoms with Crippen molar-refractivity contribution in [2.75, 3.05) is 38.5 Å². The van der Waals surface area contributed by atoms with Gasteiger partial charge in [-0.05, 0) is 69.6 Å². The zero-order chi connectivity index (χ0) is 15.2. The van der Waals surface area contributed by atoms with Crippen LogP contribution in [0.3, 0.4) is 0 Å². The number of amides is 1. The van der Waals surface area contributed by atoms with Gasteiger partial charge in [-0.1, -0.05) is 15.9 Å². The summed E-state index contributed by atoms with van der Waals surface area (Å²) in [7, 11) is 2.02. The van der Waals surface area contributed by atoms with E-state index in [1.807, 2.05) is 32.2 Å². The molecule has 5 heteroatoms. The first-order valence-electron chi connectivity index (χ1n) is 7.50. The SMILES string of the molecule is Cc1cc(Br)ccc1NC(=O)CN(C)CC1CCNCC1. The summed E-state index contributed by atoms with van der Waals surface area (Å²) in [5.74, 6) is 0.760. The molecule has 1 aliphatic heterocycles. The third-order valence-corrected chi connectivity index (χ3v) is 4.40. The number of nitrogens with zero attached hydrogens (tertiary/aromatic N) is 1. The Bertz CT molecular complexity index is 486. The van der Waals surface area contributed by atoms with Crippen LogP contribution >= 0.6 is 15.9 Å². The number of likely N-dealkylation sites (N-methyl/N-ethyl adjacent to an activating group) is 1. The maximum Gasteiger partial charge on any atom is 0.238 e. The fourth-order valence-corrected chi connectivity index (χ4v) is 3.25. The Labute approximate surface area is 135 Å². The van der Waals surface area contributed by atoms with Gasteiger partial charge in [0.05, 0.1) is 6.54 Å². The second kappa shape index (κ2) is 7.92. The molecule has 1 aromatic rings. The highest BCUT2D eigenvalue weighted by molar-refractivity contribution is 9.10. The summed E-state index contributed by atoms with van der Waals surface area (Å²) in [6.45, 7) is 5.64. The molecule has 1 aliphatic rings. The number of benzene rings is 1. The fraction of sp³-hybridized carbons (Fsp3) is 0.562. The molecule has 2 N–H and O–H groups in total. The molecule has 1 fully saturated rings. The van der Waals surface area contributed by atoms with Gasteiger partial charge >= 0.3 is 0 Å². The Morgan fingerprint density at radius 1 is 1.43 bits per heavy atom. The molecule has 1 heterocycles. The predicted molar refractivity (Wildman–Crippen MR) is 90.6 cm³/mol. The number of anilines is 1. The zero-order valence-electron chi connectivity index (χ0n) is 12.8. The van der Waals surface area contributed by atoms with Gasteiger partial charge in [-0.3, -0.25) is 9.69 Å². The van der Waals surface area contributed by atoms with Crippen LogP contribution in [0, 0.1) is 12.8 Å². The van der Waals surface area contributed by atoms with E-state index in [1.165, 1.54) is 12.8 Å². The maximum atomic E-state index is 12.1. The van der Waals surface area contributed by atoms with Crippen LogP contribution in [0.4, 0.5) is 5.69 Å². The van der Waals surface area contributed by atoms with Crippen molar-refractivity contribution >= 4 is 27.5 Å². The molecule has 1 saturated heterocycles. The molecular formula is C16H24BrN3O. The van der Waals surface area contributed by atoms with Crippen LogP contribution < -0.4 is 10.6 Å². The molecule has 1 aromatic carbocycles. The molecular weight excluding hydrogens is 330 g/mol. The van der Waals surface area contributed by atoms with Gasteiger partial charge in [-0.15, -0.1) is 0 Å². The topological polar surface area (TPSA) is 44.4 Å². The van der Waals surface area contributed by atoms with E-state index in [4.69, 9.17) is 0 Å². The van der Waals surface area contributed by atoms with Crippen LogP contribution in [-0.2, 0) is 4.79 Å². The Morgan fingerprint density at radius 2 is 2.14 bits per heavy atom. The van der Waals surface area contributed by atoms with Crippen LogP contribution in [-0.4, -0.2) is 44.0 Å². The lowest BCUT2D eigenvalue weighted by Gasteiger charge is -2.27. The number of hydrogen-bond acceptors (Lipinski definition) is 3. The Kier molecular flexibility index (Phi) is 6.21. The lowest BCUT2D eigenvalue weighted by molar-refractivity contribution is -0.117. The van der Waals surface area contributed by atoms with Crippen LogP contribution in [0.15, 0.2) is 22.7 Å². The summed E-state index contributed by atoms with van der Waals surface area (Å²) in [5.41, 5.74) is 1.96. The average Bonchev–Trinajstić information content (AvgIpc) is 2.43. The second-order valence-corrected chi connectivity index (χ2v) is 6.81. The highest BCUT2D eigenvalue weighted by Crippen LogP contribution is 2.20. The average molecular weight is 354 g/mol. The van der Waals surface area contributed by atoms with Crippen LogP contribution in [0.25, 0.3) is 0 Å². The Morgan fingerprint density at radius 3 is 2.81 bits per heavy atom. The number of nitrogens with one attached hydrogen (secondary N) is 2. The number of piperidine rings is 1. The predicted octanol–water partition coefficient (Wildman–Crippen LogP) is 2.63. The minimum atomic E-state index is 0.0526. The number of rotatable bonds is 5. The van der Waals surface area contributed by atoms with Crippen molar-refractivity contribution in [2.45, 2.75) is 19.8 Å². The van der Waals surface area contributed by atoms with E-state index < -0.39 is 0 Å². The summed E-state index contributed by atoms with van der Waals surface area (Å²) in [5, 5.41) is 6.36. The molecule has 1 amide bonds. The van der Waals surface area contributed by atoms with Crippen molar-refractivity contribution in [1.82, 2.24) is 10.2 Å². The summed E-state index contributed by atoms with van der Waals surface area (Å²) >= 11 is 3.43. The molecule has 116 valence electrons. The quantitative estimate of drug-likeness (QED) is 0.855. The number of hydrogen-bond donors (Lipinski definition) is 2. The molecule has 21 heavy (non-hydrogen) atoms. The summed E-state index contributed by atoms with van der Waals surface area (Å²) in [6, 6.07) is 5.89. The molecule has 0 bridgehead atoms. The summed E-state index contributed by atoms with van der Waals surface area (Å²) in [6.07, 6.45) is 2.41. The first-order valence-corrected chi connectivity index (χ1v) is 8.29. The maximum absolute atomic E-state index is 12.1. The van der Waals surface area contributed by atoms with Gasteiger partial charge < -0.3 is 10.6 Å². The number of carbonyl (C=O) groups is 1. The molecule has 0 aliphatic carbocycles. The molecule has 0 radical (unpaired) electrons. The van der Waals surface area contributed by atoms with Crippen molar-refractivity contribution in [3.63, 3.8) is 0 Å². The largest absolute Gasteiger partial charge is 0.325 e. The van der Waals surface area contributed by atoms with Crippen molar-refractivity contribution in [3.8, 4) is 0 Å². The minimum absolute atomic E-state index is 0.0526. The highest BCUT2D eigenvalue weighted by atomic mass is 79.9. The van der Waals surface area contributed by atoms with Crippen LogP contribution in [0.1, 0.15) is 18.4 Å². The monoisotopic (exact) mass is 353 g/mol. The lowest BCUT2D eigenvalue weighted by Crippen LogP contribution is -2.37. The van der Waals surface area contributed by atoms with Gasteiger partial charge in [0.25, 0.3) is 0 Å². The summed E-state index contributed by atoms with van der Waals surface area (Å²) in [4.78, 5) is 14.2. The van der Waals surface area contributed by atoms with Crippen LogP contribution in [0.5, 0.6) is 0 Å². The van der Waals surface area contributed by atoms with Crippen molar-refractivity contribution < 1.29 is 4.79 Å². The normalized spacial score (nSPS) is 16.2. The standard InChI is InChI=1S/C16H24BrN3O/c1-12-9-14(17)3-4-15(12)19-16(21)11-20(2)10-13-5-7-18-8-6-13/h3-4,9,13,18H,5-8,10-11H2,1-2H3,(H,19,21). The van der Waals surface area contributed by atoms with E-state index in [1.54, 1.807) is 0 Å². The van der Waals surface area contributed by atoms with E-state index in [0.29, 0.717) is 12.5 Å². The van der Waals surface area contributed by atoms with E-state index in [0.717, 1.165) is 35.4 Å². The lowest BCUT2D eigenvalue weighted by atomic mass is 9.98. The van der Waals surface area contributed by atoms with Gasteiger partial charge in [0.15, 0.2) is 0 Å². The molecule has 0 spiro atoms. The first kappa shape index (κ1) is 16.5. The number of aryl methyl sites for hydroxylation is 1. The summed E-state index contributed by atoms with van der Waals surface area (Å²) < 4.78 is 1.03. The van der Waals surface area contributed by atoms with E-state index in [9.17, 15) is 4.79 Å². The van der Waals surface area contributed by atoms with Gasteiger partial charge in [-0.25, -0.2) is 0 Å². The van der Waals surface area contributed by atoms with Gasteiger partial charge in [-0.2, -0.15) is 0 Å². The third-order valence-electron chi connectivity index (χ3n) is 3.90. The third kappa shape index (κ3) is 5.41. The van der Waals surface area contributed by atoms with E-state index in [-0.39, 0.29) is 5.91 Å². The zero-order valence-corrected chi connectivity index (χ0v) is 14.4. The molecule has 0 saturated carbocycles. The van der Waals surface area contributed by atoms with Gasteiger partial charge in [0.1, 0.15) is 0 Å². The van der Waals surface area contributed by atoms with Crippen LogP contribution in [0.2, 0.25) is 0 Å². The van der Waals surface area contributed by atoms with Gasteiger partial charge in [0, 0.05) is 16.7 Å². The Balaban J connectivity index is 1.80. The van der Waals surface area contributed by atoms with Crippen molar-refractivity contribution in [1.29, 1.82) is 0 Å². The van der Waals surface area contributed by atoms with Crippen molar-refractivity contribution in [3.05, 3.63) is 28.2 Å². The van der Waals surface area contributed by atoms with E-state index >= 15 is 0 Å². The van der Waals surface area contributed by atoms with E-state index in [2.05, 4.69) is 31.5 Å². The smallest absolute Gasteiger partial charge is 0.238 e. The van der Waals surface area contributed by atoms with Gasteiger partial charge in [0.2, 0.25) is 5.91 Å². The minimum Gasteiger partial charge on any atom is -0.325 e. The molecule has 0 atom stereocenters. The van der Waals surface area contributed by atoms with Crippen molar-refractivity contribution in [2.24, 2.45) is 5.92 Å². The molecule has 0 unspecified atom stereocenters. The highest BCUT2D eigenvalue weighted by Gasteiger charge is 2.16. The fourth-order valence-electron chi connectivity index (χ4n) is 2.77. The number of carbonyl (C=O) groups excluding carboxylic acids is 1. The Hall–Kier alpha value is -0.910. The second-order valence-electron chi connectivity index (χ2n) is 5.90. The molecule has 2 rings (SSSR count). The number of halogens is 1. The molecule has 4 nitrogen and oxygen atoms in total. The molecule has 0 aromatic heterocycles. The first-order chi connectivity index (χ1) is 10.0.